The fraction of sp³-hybridized carbons (Fsp3) is 0.647. The van der Waals surface area contributed by atoms with Gasteiger partial charge >= 0.3 is 0 Å². The molecule has 2 aliphatic rings. The molecular formula is C17H24N6O. The quantitative estimate of drug-likeness (QED) is 0.851. The minimum absolute atomic E-state index is 0.337. The molecule has 4 rings (SSSR count). The van der Waals surface area contributed by atoms with Crippen LogP contribution in [0.3, 0.4) is 0 Å². The molecule has 0 N–H and O–H groups in total. The predicted octanol–water partition coefficient (Wildman–Crippen LogP) is 1.53. The molecule has 0 aromatic carbocycles. The van der Waals surface area contributed by atoms with Crippen molar-refractivity contribution in [1.82, 2.24) is 24.7 Å². The Balaban J connectivity index is 1.46. The van der Waals surface area contributed by atoms with Crippen molar-refractivity contribution in [2.45, 2.75) is 39.0 Å². The maximum atomic E-state index is 11.8. The topological polar surface area (TPSA) is 66.6 Å². The Bertz CT molecular complexity index is 734. The number of hydrogen-bond acceptors (Lipinski definition) is 5. The Morgan fingerprint density at radius 1 is 1.25 bits per heavy atom. The maximum Gasteiger partial charge on any atom is 0.222 e. The molecular weight excluding hydrogens is 304 g/mol. The molecule has 2 saturated heterocycles. The van der Waals surface area contributed by atoms with Gasteiger partial charge in [0.15, 0.2) is 0 Å². The molecule has 2 aromatic heterocycles. The highest BCUT2D eigenvalue weighted by molar-refractivity contribution is 5.78. The van der Waals surface area contributed by atoms with Crippen LogP contribution < -0.4 is 4.90 Å². The Labute approximate surface area is 141 Å². The van der Waals surface area contributed by atoms with Gasteiger partial charge in [-0.25, -0.2) is 0 Å². The zero-order valence-corrected chi connectivity index (χ0v) is 14.2. The average Bonchev–Trinajstić information content (AvgIpc) is 3.24. The largest absolute Gasteiger partial charge is 0.368 e. The van der Waals surface area contributed by atoms with E-state index in [-0.39, 0.29) is 0 Å². The molecule has 0 aliphatic carbocycles. The second kappa shape index (κ2) is 6.37. The number of amides is 1. The molecule has 128 valence electrons. The van der Waals surface area contributed by atoms with Gasteiger partial charge < -0.3 is 9.80 Å². The lowest BCUT2D eigenvalue weighted by Gasteiger charge is -2.35. The third-order valence-corrected chi connectivity index (χ3v) is 5.27. The van der Waals surface area contributed by atoms with E-state index >= 15 is 0 Å². The molecule has 0 unspecified atom stereocenters. The molecule has 0 spiro atoms. The van der Waals surface area contributed by atoms with E-state index in [2.05, 4.69) is 38.1 Å². The monoisotopic (exact) mass is 328 g/mol. The standard InChI is InChI=1S/C17H24N6O/c1-2-14-10-15(17-19-18-12-23(17)20-14)21-8-5-13(6-9-21)11-22-7-3-4-16(22)24/h10,12-13H,2-9,11H2,1H3. The highest BCUT2D eigenvalue weighted by atomic mass is 16.2. The summed E-state index contributed by atoms with van der Waals surface area (Å²) in [5.74, 6) is 0.953. The van der Waals surface area contributed by atoms with Gasteiger partial charge in [0, 0.05) is 32.6 Å². The first-order valence-electron chi connectivity index (χ1n) is 8.97. The zero-order chi connectivity index (χ0) is 16.5. The van der Waals surface area contributed by atoms with Gasteiger partial charge in [-0.05, 0) is 37.7 Å². The van der Waals surface area contributed by atoms with Crippen molar-refractivity contribution in [2.24, 2.45) is 5.92 Å². The fourth-order valence-electron chi connectivity index (χ4n) is 3.83. The molecule has 2 aliphatic heterocycles. The summed E-state index contributed by atoms with van der Waals surface area (Å²) in [5, 5.41) is 12.8. The number of rotatable bonds is 4. The number of fused-ring (bicyclic) bond motifs is 1. The lowest BCUT2D eigenvalue weighted by molar-refractivity contribution is -0.128. The summed E-state index contributed by atoms with van der Waals surface area (Å²) in [4.78, 5) is 16.3. The van der Waals surface area contributed by atoms with Crippen molar-refractivity contribution < 1.29 is 4.79 Å². The second-order valence-electron chi connectivity index (χ2n) is 6.85. The summed E-state index contributed by atoms with van der Waals surface area (Å²) in [6.07, 6.45) is 6.57. The Morgan fingerprint density at radius 3 is 2.79 bits per heavy atom. The van der Waals surface area contributed by atoms with Gasteiger partial charge in [0.1, 0.15) is 6.33 Å². The van der Waals surface area contributed by atoms with E-state index in [9.17, 15) is 4.79 Å². The second-order valence-corrected chi connectivity index (χ2v) is 6.85. The van der Waals surface area contributed by atoms with E-state index in [0.717, 1.165) is 75.3 Å². The highest BCUT2D eigenvalue weighted by Gasteiger charge is 2.27. The molecule has 4 heterocycles. The first-order chi connectivity index (χ1) is 11.7. The summed E-state index contributed by atoms with van der Waals surface area (Å²) < 4.78 is 1.78. The number of piperidine rings is 1. The number of carbonyl (C=O) groups excluding carboxylic acids is 1. The normalized spacial score (nSPS) is 19.6. The van der Waals surface area contributed by atoms with Crippen LogP contribution in [0, 0.1) is 5.92 Å². The Hall–Kier alpha value is -2.18. The van der Waals surface area contributed by atoms with Gasteiger partial charge in [0.05, 0.1) is 11.4 Å². The molecule has 0 atom stereocenters. The van der Waals surface area contributed by atoms with Crippen LogP contribution >= 0.6 is 0 Å². The van der Waals surface area contributed by atoms with Crippen molar-refractivity contribution >= 4 is 17.2 Å². The first-order valence-corrected chi connectivity index (χ1v) is 8.97. The number of aromatic nitrogens is 4. The summed E-state index contributed by atoms with van der Waals surface area (Å²) in [6, 6.07) is 2.15. The van der Waals surface area contributed by atoms with E-state index < -0.39 is 0 Å². The molecule has 2 fully saturated rings. The lowest BCUT2D eigenvalue weighted by Crippen LogP contribution is -2.39. The average molecular weight is 328 g/mol. The lowest BCUT2D eigenvalue weighted by atomic mass is 9.96. The number of carbonyl (C=O) groups is 1. The van der Waals surface area contributed by atoms with Crippen LogP contribution in [0.4, 0.5) is 5.69 Å². The van der Waals surface area contributed by atoms with Gasteiger partial charge in [0.25, 0.3) is 0 Å². The van der Waals surface area contributed by atoms with Crippen molar-refractivity contribution in [1.29, 1.82) is 0 Å². The molecule has 1 amide bonds. The van der Waals surface area contributed by atoms with Gasteiger partial charge in [-0.3, -0.25) is 4.79 Å². The van der Waals surface area contributed by atoms with Crippen molar-refractivity contribution in [3.63, 3.8) is 0 Å². The van der Waals surface area contributed by atoms with Crippen LogP contribution in [0.15, 0.2) is 12.4 Å². The van der Waals surface area contributed by atoms with E-state index in [4.69, 9.17) is 0 Å². The molecule has 7 nitrogen and oxygen atoms in total. The number of likely N-dealkylation sites (tertiary alicyclic amines) is 1. The van der Waals surface area contributed by atoms with E-state index in [0.29, 0.717) is 11.8 Å². The summed E-state index contributed by atoms with van der Waals surface area (Å²) >= 11 is 0. The molecule has 0 radical (unpaired) electrons. The van der Waals surface area contributed by atoms with Crippen molar-refractivity contribution in [3.05, 3.63) is 18.1 Å². The van der Waals surface area contributed by atoms with E-state index in [1.165, 1.54) is 0 Å². The first kappa shape index (κ1) is 15.4. The number of nitrogens with zero attached hydrogens (tertiary/aromatic N) is 6. The zero-order valence-electron chi connectivity index (χ0n) is 14.2. The van der Waals surface area contributed by atoms with Crippen LogP contribution in [0.1, 0.15) is 38.3 Å². The summed E-state index contributed by atoms with van der Waals surface area (Å²) in [6.45, 7) is 6.00. The van der Waals surface area contributed by atoms with Gasteiger partial charge in [-0.2, -0.15) is 9.61 Å². The third-order valence-electron chi connectivity index (χ3n) is 5.27. The van der Waals surface area contributed by atoms with Gasteiger partial charge in [0.2, 0.25) is 11.6 Å². The predicted molar refractivity (Wildman–Crippen MR) is 90.9 cm³/mol. The maximum absolute atomic E-state index is 11.8. The summed E-state index contributed by atoms with van der Waals surface area (Å²) in [5.41, 5.74) is 3.03. The fourth-order valence-corrected chi connectivity index (χ4v) is 3.83. The van der Waals surface area contributed by atoms with Crippen LogP contribution in [-0.4, -0.2) is 56.8 Å². The van der Waals surface area contributed by atoms with Crippen LogP contribution in [-0.2, 0) is 11.2 Å². The molecule has 2 aromatic rings. The van der Waals surface area contributed by atoms with Crippen LogP contribution in [0.5, 0.6) is 0 Å². The molecule has 7 heteroatoms. The van der Waals surface area contributed by atoms with E-state index in [1.807, 2.05) is 0 Å². The van der Waals surface area contributed by atoms with Crippen molar-refractivity contribution in [3.8, 4) is 0 Å². The Kier molecular flexibility index (Phi) is 4.08. The van der Waals surface area contributed by atoms with Crippen LogP contribution in [0.2, 0.25) is 0 Å². The number of aryl methyl sites for hydroxylation is 1. The smallest absolute Gasteiger partial charge is 0.222 e. The van der Waals surface area contributed by atoms with Crippen LogP contribution in [0.25, 0.3) is 5.65 Å². The van der Waals surface area contributed by atoms with E-state index in [1.54, 1.807) is 10.8 Å². The number of anilines is 1. The molecule has 0 saturated carbocycles. The van der Waals surface area contributed by atoms with Gasteiger partial charge in [-0.1, -0.05) is 6.92 Å². The third kappa shape index (κ3) is 2.83. The SMILES string of the molecule is CCc1cc(N2CCC(CN3CCCC3=O)CC2)c2nncn2n1. The molecule has 0 bridgehead atoms. The molecule has 24 heavy (non-hydrogen) atoms. The van der Waals surface area contributed by atoms with Gasteiger partial charge in [-0.15, -0.1) is 10.2 Å². The highest BCUT2D eigenvalue weighted by Crippen LogP contribution is 2.27. The minimum Gasteiger partial charge on any atom is -0.368 e. The number of hydrogen-bond donors (Lipinski definition) is 0. The minimum atomic E-state index is 0.337. The van der Waals surface area contributed by atoms with Crippen molar-refractivity contribution in [2.75, 3.05) is 31.1 Å². The summed E-state index contributed by atoms with van der Waals surface area (Å²) in [7, 11) is 0. The Morgan fingerprint density at radius 2 is 2.08 bits per heavy atom.